The summed E-state index contributed by atoms with van der Waals surface area (Å²) in [6.07, 6.45) is 0. The lowest BCUT2D eigenvalue weighted by Crippen LogP contribution is -2.45. The van der Waals surface area contributed by atoms with Gasteiger partial charge >= 0.3 is 6.03 Å². The van der Waals surface area contributed by atoms with Crippen molar-refractivity contribution in [1.29, 1.82) is 0 Å². The molecular weight excluding hydrogens is 380 g/mol. The summed E-state index contributed by atoms with van der Waals surface area (Å²) in [7, 11) is 0. The van der Waals surface area contributed by atoms with E-state index in [-0.39, 0.29) is 18.5 Å². The van der Waals surface area contributed by atoms with Gasteiger partial charge in [0.15, 0.2) is 11.5 Å². The second-order valence-electron chi connectivity index (χ2n) is 7.30. The number of hydrogen-bond donors (Lipinski definition) is 3. The third-order valence-electron chi connectivity index (χ3n) is 4.59. The second kappa shape index (κ2) is 7.98. The quantitative estimate of drug-likeness (QED) is 0.567. The van der Waals surface area contributed by atoms with Crippen LogP contribution in [-0.2, 0) is 19.9 Å². The first-order chi connectivity index (χ1) is 13.7. The molecule has 2 aliphatic rings. The molecule has 1 aromatic carbocycles. The normalized spacial score (nSPS) is 20.5. The highest BCUT2D eigenvalue weighted by molar-refractivity contribution is 6.09. The lowest BCUT2D eigenvalue weighted by molar-refractivity contribution is -0.135. The molecule has 5 amide bonds. The minimum Gasteiger partial charge on any atom is -0.486 e. The topological polar surface area (TPSA) is 126 Å². The van der Waals surface area contributed by atoms with E-state index in [1.165, 1.54) is 0 Å². The molecule has 10 nitrogen and oxygen atoms in total. The number of carbonyl (C=O) groups excluding carboxylic acids is 4. The van der Waals surface area contributed by atoms with Crippen LogP contribution in [0, 0.1) is 0 Å². The molecule has 3 N–H and O–H groups in total. The van der Waals surface area contributed by atoms with Gasteiger partial charge in [-0.1, -0.05) is 6.07 Å². The molecule has 2 heterocycles. The summed E-state index contributed by atoms with van der Waals surface area (Å²) in [5.41, 5.74) is -0.832. The molecule has 10 heteroatoms. The number of amides is 5. The van der Waals surface area contributed by atoms with E-state index in [0.717, 1.165) is 4.90 Å². The lowest BCUT2D eigenvalue weighted by atomic mass is 9.91. The Bertz CT molecular complexity index is 855. The molecule has 0 aromatic heterocycles. The van der Waals surface area contributed by atoms with Crippen LogP contribution < -0.4 is 25.4 Å². The maximum absolute atomic E-state index is 12.9. The monoisotopic (exact) mass is 404 g/mol. The van der Waals surface area contributed by atoms with Crippen LogP contribution >= 0.6 is 0 Å². The van der Waals surface area contributed by atoms with Gasteiger partial charge in [-0.3, -0.25) is 19.3 Å². The molecule has 0 spiro atoms. The summed E-state index contributed by atoms with van der Waals surface area (Å²) in [6, 6.07) is 4.25. The summed E-state index contributed by atoms with van der Waals surface area (Å²) in [6.45, 7) is 5.27. The number of rotatable bonds is 6. The number of benzene rings is 1. The number of urea groups is 1. The number of fused-ring (bicyclic) bond motifs is 1. The van der Waals surface area contributed by atoms with Crippen molar-refractivity contribution in [3.05, 3.63) is 23.8 Å². The first-order valence-corrected chi connectivity index (χ1v) is 9.31. The molecule has 0 aliphatic carbocycles. The third-order valence-corrected chi connectivity index (χ3v) is 4.59. The number of nitrogens with one attached hydrogen (secondary N) is 3. The van der Waals surface area contributed by atoms with Crippen molar-refractivity contribution in [2.75, 3.05) is 26.3 Å². The third kappa shape index (κ3) is 4.25. The maximum atomic E-state index is 12.9. The van der Waals surface area contributed by atoms with E-state index in [4.69, 9.17) is 9.47 Å². The zero-order valence-corrected chi connectivity index (χ0v) is 16.5. The first-order valence-electron chi connectivity index (χ1n) is 9.31. The Labute approximate surface area is 167 Å². The largest absolute Gasteiger partial charge is 0.486 e. The van der Waals surface area contributed by atoms with Crippen molar-refractivity contribution in [2.45, 2.75) is 32.4 Å². The molecule has 0 radical (unpaired) electrons. The maximum Gasteiger partial charge on any atom is 0.325 e. The molecule has 1 saturated heterocycles. The van der Waals surface area contributed by atoms with E-state index in [9.17, 15) is 19.2 Å². The first kappa shape index (κ1) is 20.4. The summed E-state index contributed by atoms with van der Waals surface area (Å²) in [4.78, 5) is 49.9. The van der Waals surface area contributed by atoms with Crippen LogP contribution in [0.3, 0.4) is 0 Å². The zero-order valence-electron chi connectivity index (χ0n) is 16.5. The predicted octanol–water partition coefficient (Wildman–Crippen LogP) is -0.134. The number of carbonyl (C=O) groups is 4. The van der Waals surface area contributed by atoms with Crippen LogP contribution in [0.1, 0.15) is 26.3 Å². The molecule has 29 heavy (non-hydrogen) atoms. The lowest BCUT2D eigenvalue weighted by Gasteiger charge is -2.25. The smallest absolute Gasteiger partial charge is 0.325 e. The number of nitrogens with zero attached hydrogens (tertiary/aromatic N) is 1. The van der Waals surface area contributed by atoms with Crippen LogP contribution in [0.15, 0.2) is 18.2 Å². The average molecular weight is 404 g/mol. The Morgan fingerprint density at radius 1 is 1.17 bits per heavy atom. The van der Waals surface area contributed by atoms with Crippen molar-refractivity contribution in [3.8, 4) is 11.5 Å². The van der Waals surface area contributed by atoms with Crippen LogP contribution in [0.25, 0.3) is 0 Å². The van der Waals surface area contributed by atoms with Gasteiger partial charge in [0.1, 0.15) is 25.3 Å². The van der Waals surface area contributed by atoms with Crippen LogP contribution in [-0.4, -0.2) is 61.0 Å². The van der Waals surface area contributed by atoms with Crippen molar-refractivity contribution in [1.82, 2.24) is 20.9 Å². The van der Waals surface area contributed by atoms with Gasteiger partial charge in [-0.2, -0.15) is 0 Å². The van der Waals surface area contributed by atoms with Crippen molar-refractivity contribution in [3.63, 3.8) is 0 Å². The minimum atomic E-state index is -1.35. The Balaban J connectivity index is 1.67. The second-order valence-corrected chi connectivity index (χ2v) is 7.30. The van der Waals surface area contributed by atoms with E-state index >= 15 is 0 Å². The van der Waals surface area contributed by atoms with Gasteiger partial charge in [-0.15, -0.1) is 0 Å². The SMILES string of the molecule is CC(C)NC(=O)CNC(=O)CN1C(=O)N[C@@](C)(c2ccc3c(c2)OCCO3)C1=O. The Morgan fingerprint density at radius 3 is 2.55 bits per heavy atom. The molecule has 0 unspecified atom stereocenters. The average Bonchev–Trinajstić information content (AvgIpc) is 2.89. The van der Waals surface area contributed by atoms with Crippen LogP contribution in [0.4, 0.5) is 4.79 Å². The fraction of sp³-hybridized carbons (Fsp3) is 0.474. The van der Waals surface area contributed by atoms with Gasteiger partial charge in [0.2, 0.25) is 11.8 Å². The van der Waals surface area contributed by atoms with Crippen molar-refractivity contribution < 1.29 is 28.7 Å². The zero-order chi connectivity index (χ0) is 21.2. The number of ether oxygens (including phenoxy) is 2. The summed E-state index contributed by atoms with van der Waals surface area (Å²) >= 11 is 0. The molecule has 2 aliphatic heterocycles. The van der Waals surface area contributed by atoms with E-state index in [0.29, 0.717) is 30.3 Å². The fourth-order valence-corrected chi connectivity index (χ4v) is 3.14. The minimum absolute atomic E-state index is 0.0583. The van der Waals surface area contributed by atoms with E-state index in [2.05, 4.69) is 16.0 Å². The Morgan fingerprint density at radius 2 is 1.86 bits per heavy atom. The van der Waals surface area contributed by atoms with Gasteiger partial charge in [-0.05, 0) is 38.5 Å². The van der Waals surface area contributed by atoms with Gasteiger partial charge in [0.05, 0.1) is 6.54 Å². The predicted molar refractivity (Wildman–Crippen MR) is 101 cm³/mol. The van der Waals surface area contributed by atoms with Crippen LogP contribution in [0.5, 0.6) is 11.5 Å². The summed E-state index contributed by atoms with van der Waals surface area (Å²) < 4.78 is 11.0. The molecule has 1 aromatic rings. The van der Waals surface area contributed by atoms with Gasteiger partial charge < -0.3 is 25.4 Å². The Hall–Kier alpha value is -3.30. The van der Waals surface area contributed by atoms with Crippen molar-refractivity contribution in [2.24, 2.45) is 0 Å². The van der Waals surface area contributed by atoms with Crippen molar-refractivity contribution >= 4 is 23.8 Å². The molecule has 0 saturated carbocycles. The fourth-order valence-electron chi connectivity index (χ4n) is 3.14. The standard InChI is InChI=1S/C19H24N4O6/c1-11(2)21-15(24)9-20-16(25)10-23-17(26)19(3,22-18(23)27)12-4-5-13-14(8-12)29-7-6-28-13/h4-5,8,11H,6-7,9-10H2,1-3H3,(H,20,25)(H,21,24)(H,22,27)/t19-/m0/s1. The molecule has 0 bridgehead atoms. The van der Waals surface area contributed by atoms with E-state index in [1.54, 1.807) is 39.0 Å². The van der Waals surface area contributed by atoms with Gasteiger partial charge in [0, 0.05) is 6.04 Å². The number of imide groups is 1. The molecule has 3 rings (SSSR count). The summed E-state index contributed by atoms with van der Waals surface area (Å²) in [5, 5.41) is 7.67. The molecular formula is C19H24N4O6. The summed E-state index contributed by atoms with van der Waals surface area (Å²) in [5.74, 6) is -0.480. The highest BCUT2D eigenvalue weighted by atomic mass is 16.6. The Kier molecular flexibility index (Phi) is 5.62. The van der Waals surface area contributed by atoms with E-state index < -0.39 is 29.9 Å². The molecule has 1 fully saturated rings. The number of hydrogen-bond acceptors (Lipinski definition) is 6. The van der Waals surface area contributed by atoms with Gasteiger partial charge in [0.25, 0.3) is 5.91 Å². The molecule has 1 atom stereocenters. The van der Waals surface area contributed by atoms with Gasteiger partial charge in [-0.25, -0.2) is 4.79 Å². The van der Waals surface area contributed by atoms with Crippen LogP contribution in [0.2, 0.25) is 0 Å². The van der Waals surface area contributed by atoms with E-state index in [1.807, 2.05) is 0 Å². The highest BCUT2D eigenvalue weighted by Gasteiger charge is 2.49. The highest BCUT2D eigenvalue weighted by Crippen LogP contribution is 2.36. The molecule has 156 valence electrons.